The highest BCUT2D eigenvalue weighted by Gasteiger charge is 2.21. The number of β-amino-alcohol motifs (C(OH)–C–C–N with tert-alkyl or cyclic N) is 1. The Kier molecular flexibility index (Phi) is 4.88. The van der Waals surface area contributed by atoms with Crippen LogP contribution in [0.1, 0.15) is 11.7 Å². The number of anilines is 1. The molecule has 1 aliphatic rings. The molecule has 1 saturated heterocycles. The van der Waals surface area contributed by atoms with Gasteiger partial charge in [0.05, 0.1) is 6.10 Å². The normalized spacial score (nSPS) is 17.3. The van der Waals surface area contributed by atoms with Gasteiger partial charge in [0.1, 0.15) is 11.6 Å². The smallest absolute Gasteiger partial charge is 0.129 e. The van der Waals surface area contributed by atoms with Gasteiger partial charge in [0.25, 0.3) is 0 Å². The van der Waals surface area contributed by atoms with Crippen LogP contribution in [0.3, 0.4) is 0 Å². The number of nitrogens with zero attached hydrogens (tertiary/aromatic N) is 2. The summed E-state index contributed by atoms with van der Waals surface area (Å²) in [4.78, 5) is 4.36. The van der Waals surface area contributed by atoms with Crippen molar-refractivity contribution in [3.8, 4) is 0 Å². The van der Waals surface area contributed by atoms with Crippen LogP contribution in [0.2, 0.25) is 0 Å². The average Bonchev–Trinajstić information content (AvgIpc) is 2.58. The Bertz CT molecular complexity index is 643. The molecule has 0 spiro atoms. The van der Waals surface area contributed by atoms with E-state index in [-0.39, 0.29) is 5.56 Å². The molecule has 1 fully saturated rings. The predicted octanol–water partition coefficient (Wildman–Crippen LogP) is 2.82. The van der Waals surface area contributed by atoms with E-state index in [4.69, 9.17) is 0 Å². The molecular formula is C18H20F2N2O. The van der Waals surface area contributed by atoms with Crippen LogP contribution in [-0.4, -0.2) is 42.7 Å². The highest BCUT2D eigenvalue weighted by molar-refractivity contribution is 5.46. The highest BCUT2D eigenvalue weighted by Crippen LogP contribution is 2.21. The molecule has 23 heavy (non-hydrogen) atoms. The van der Waals surface area contributed by atoms with Crippen LogP contribution in [0, 0.1) is 11.6 Å². The van der Waals surface area contributed by atoms with E-state index in [9.17, 15) is 13.9 Å². The standard InChI is InChI=1S/C18H20F2N2O/c19-14-6-7-17(20)16(12-14)18(23)13-21-8-10-22(11-9-21)15-4-2-1-3-5-15/h1-7,12,18,23H,8-11,13H2. The van der Waals surface area contributed by atoms with Crippen molar-refractivity contribution in [2.24, 2.45) is 0 Å². The Hall–Kier alpha value is -1.98. The summed E-state index contributed by atoms with van der Waals surface area (Å²) in [6.45, 7) is 3.57. The third-order valence-electron chi connectivity index (χ3n) is 4.24. The molecule has 0 aromatic heterocycles. The lowest BCUT2D eigenvalue weighted by Gasteiger charge is -2.37. The van der Waals surface area contributed by atoms with Crippen LogP contribution in [0.15, 0.2) is 48.5 Å². The minimum absolute atomic E-state index is 0.0236. The van der Waals surface area contributed by atoms with Crippen molar-refractivity contribution >= 4 is 5.69 Å². The van der Waals surface area contributed by atoms with Gasteiger partial charge in [0, 0.05) is 44.0 Å². The maximum Gasteiger partial charge on any atom is 0.129 e. The molecular weight excluding hydrogens is 298 g/mol. The Morgan fingerprint density at radius 3 is 2.35 bits per heavy atom. The van der Waals surface area contributed by atoms with Crippen molar-refractivity contribution in [1.82, 2.24) is 4.90 Å². The second-order valence-corrected chi connectivity index (χ2v) is 5.80. The van der Waals surface area contributed by atoms with E-state index in [0.29, 0.717) is 6.54 Å². The Balaban J connectivity index is 1.57. The molecule has 1 N–H and O–H groups in total. The zero-order chi connectivity index (χ0) is 16.2. The number of halogens is 2. The zero-order valence-corrected chi connectivity index (χ0v) is 12.8. The Labute approximate surface area is 134 Å². The summed E-state index contributed by atoms with van der Waals surface area (Å²) < 4.78 is 26.9. The van der Waals surface area contributed by atoms with Gasteiger partial charge in [0.15, 0.2) is 0 Å². The molecule has 122 valence electrons. The van der Waals surface area contributed by atoms with Crippen LogP contribution < -0.4 is 4.90 Å². The summed E-state index contributed by atoms with van der Waals surface area (Å²) in [5.74, 6) is -1.10. The number of hydrogen-bond donors (Lipinski definition) is 1. The summed E-state index contributed by atoms with van der Waals surface area (Å²) in [5.41, 5.74) is 1.21. The van der Waals surface area contributed by atoms with Gasteiger partial charge >= 0.3 is 0 Å². The first-order valence-corrected chi connectivity index (χ1v) is 7.79. The van der Waals surface area contributed by atoms with E-state index in [0.717, 1.165) is 44.4 Å². The van der Waals surface area contributed by atoms with Gasteiger partial charge in [-0.1, -0.05) is 18.2 Å². The molecule has 1 aliphatic heterocycles. The van der Waals surface area contributed by atoms with Crippen LogP contribution >= 0.6 is 0 Å². The number of aliphatic hydroxyl groups is 1. The minimum Gasteiger partial charge on any atom is -0.387 e. The van der Waals surface area contributed by atoms with Crippen LogP contribution in [0.25, 0.3) is 0 Å². The van der Waals surface area contributed by atoms with Crippen molar-refractivity contribution in [3.05, 3.63) is 65.7 Å². The summed E-state index contributed by atoms with van der Waals surface area (Å²) in [7, 11) is 0. The second-order valence-electron chi connectivity index (χ2n) is 5.80. The molecule has 1 unspecified atom stereocenters. The Morgan fingerprint density at radius 2 is 1.65 bits per heavy atom. The molecule has 1 heterocycles. The molecule has 2 aromatic carbocycles. The monoisotopic (exact) mass is 318 g/mol. The molecule has 2 aromatic rings. The quantitative estimate of drug-likeness (QED) is 0.939. The maximum absolute atomic E-state index is 13.7. The fourth-order valence-corrected chi connectivity index (χ4v) is 2.94. The number of aliphatic hydroxyl groups excluding tert-OH is 1. The van der Waals surface area contributed by atoms with Gasteiger partial charge in [-0.25, -0.2) is 8.78 Å². The van der Waals surface area contributed by atoms with E-state index in [1.165, 1.54) is 5.69 Å². The number of benzene rings is 2. The van der Waals surface area contributed by atoms with Gasteiger partial charge in [-0.3, -0.25) is 4.90 Å². The van der Waals surface area contributed by atoms with Crippen molar-refractivity contribution < 1.29 is 13.9 Å². The summed E-state index contributed by atoms with van der Waals surface area (Å²) in [6, 6.07) is 13.4. The first-order valence-electron chi connectivity index (χ1n) is 7.79. The van der Waals surface area contributed by atoms with Gasteiger partial charge < -0.3 is 10.0 Å². The lowest BCUT2D eigenvalue weighted by Crippen LogP contribution is -2.47. The summed E-state index contributed by atoms with van der Waals surface area (Å²) >= 11 is 0. The van der Waals surface area contributed by atoms with Crippen LogP contribution in [0.4, 0.5) is 14.5 Å². The SMILES string of the molecule is OC(CN1CCN(c2ccccc2)CC1)c1cc(F)ccc1F. The van der Waals surface area contributed by atoms with E-state index in [1.54, 1.807) is 0 Å². The van der Waals surface area contributed by atoms with Gasteiger partial charge in [-0.2, -0.15) is 0 Å². The lowest BCUT2D eigenvalue weighted by molar-refractivity contribution is 0.106. The van der Waals surface area contributed by atoms with Crippen molar-refractivity contribution in [2.45, 2.75) is 6.10 Å². The molecule has 3 nitrogen and oxygen atoms in total. The molecule has 0 saturated carbocycles. The fourth-order valence-electron chi connectivity index (χ4n) is 2.94. The molecule has 0 bridgehead atoms. The minimum atomic E-state index is -1.02. The highest BCUT2D eigenvalue weighted by atomic mass is 19.1. The number of rotatable bonds is 4. The number of para-hydroxylation sites is 1. The fraction of sp³-hybridized carbons (Fsp3) is 0.333. The van der Waals surface area contributed by atoms with Crippen molar-refractivity contribution in [1.29, 1.82) is 0 Å². The average molecular weight is 318 g/mol. The van der Waals surface area contributed by atoms with Crippen LogP contribution in [0.5, 0.6) is 0 Å². The van der Waals surface area contributed by atoms with Gasteiger partial charge in [-0.05, 0) is 30.3 Å². The first kappa shape index (κ1) is 15.9. The molecule has 1 atom stereocenters. The first-order chi connectivity index (χ1) is 11.1. The number of hydrogen-bond acceptors (Lipinski definition) is 3. The largest absolute Gasteiger partial charge is 0.387 e. The maximum atomic E-state index is 13.7. The van der Waals surface area contributed by atoms with Crippen LogP contribution in [-0.2, 0) is 0 Å². The van der Waals surface area contributed by atoms with E-state index >= 15 is 0 Å². The van der Waals surface area contributed by atoms with E-state index < -0.39 is 17.7 Å². The van der Waals surface area contributed by atoms with Crippen molar-refractivity contribution in [2.75, 3.05) is 37.6 Å². The third kappa shape index (κ3) is 3.86. The lowest BCUT2D eigenvalue weighted by atomic mass is 10.1. The Morgan fingerprint density at radius 1 is 0.957 bits per heavy atom. The van der Waals surface area contributed by atoms with Crippen molar-refractivity contribution in [3.63, 3.8) is 0 Å². The summed E-state index contributed by atoms with van der Waals surface area (Å²) in [6.07, 6.45) is -1.02. The molecule has 0 radical (unpaired) electrons. The molecule has 0 aliphatic carbocycles. The zero-order valence-electron chi connectivity index (χ0n) is 12.8. The van der Waals surface area contributed by atoms with Gasteiger partial charge in [-0.15, -0.1) is 0 Å². The predicted molar refractivity (Wildman–Crippen MR) is 86.4 cm³/mol. The number of piperazine rings is 1. The van der Waals surface area contributed by atoms with E-state index in [1.807, 2.05) is 18.2 Å². The van der Waals surface area contributed by atoms with Gasteiger partial charge in [0.2, 0.25) is 0 Å². The molecule has 0 amide bonds. The molecule has 5 heteroatoms. The molecule has 3 rings (SSSR count). The summed E-state index contributed by atoms with van der Waals surface area (Å²) in [5, 5.41) is 10.2. The third-order valence-corrected chi connectivity index (χ3v) is 4.24. The van der Waals surface area contributed by atoms with E-state index in [2.05, 4.69) is 21.9 Å². The second kappa shape index (κ2) is 7.06. The topological polar surface area (TPSA) is 26.7 Å².